The van der Waals surface area contributed by atoms with Gasteiger partial charge in [0.1, 0.15) is 37.7 Å². The van der Waals surface area contributed by atoms with E-state index in [0.29, 0.717) is 25.7 Å². The molecule has 0 bridgehead atoms. The van der Waals surface area contributed by atoms with Crippen molar-refractivity contribution in [1.82, 2.24) is 0 Å². The summed E-state index contributed by atoms with van der Waals surface area (Å²) < 4.78 is 114. The summed E-state index contributed by atoms with van der Waals surface area (Å²) >= 11 is 0. The van der Waals surface area contributed by atoms with Crippen molar-refractivity contribution in [3.8, 4) is 23.0 Å². The van der Waals surface area contributed by atoms with Crippen molar-refractivity contribution in [3.63, 3.8) is 0 Å². The Morgan fingerprint density at radius 3 is 1.32 bits per heavy atom. The average Bonchev–Trinajstić information content (AvgIpc) is 3.40. The Kier molecular flexibility index (Phi) is 15.6. The molecule has 7 aromatic rings. The van der Waals surface area contributed by atoms with E-state index < -0.39 is 36.5 Å². The summed E-state index contributed by atoms with van der Waals surface area (Å²) in [5.74, 6) is 1.13. The van der Waals surface area contributed by atoms with E-state index in [1.807, 2.05) is 54.6 Å². The molecule has 9 rings (SSSR count). The van der Waals surface area contributed by atoms with Gasteiger partial charge < -0.3 is 26.8 Å². The van der Waals surface area contributed by atoms with Crippen molar-refractivity contribution >= 4 is 36.4 Å². The SMILES string of the molecule is COc1ccc(CC[C@H]2C[C@H]3O[C@@H](CCc4ccc(OS(=O)(=O)c5ccccc5)cc4)C[C@@H](/C=C/c4ccc(OS(=O)(=O)c5ccccc5)cc4)[C@@H]3[C@@H](c3ccc(OS(=O)(=O)c4ccccc4)cc3)O2)cc1. The highest BCUT2D eigenvalue weighted by Crippen LogP contribution is 2.49. The molecule has 0 unspecified atom stereocenters. The highest BCUT2D eigenvalue weighted by Gasteiger charge is 2.47. The number of benzene rings is 7. The van der Waals surface area contributed by atoms with Crippen LogP contribution in [0.1, 0.15) is 54.0 Å². The molecular formula is C57H54O12S3. The highest BCUT2D eigenvalue weighted by molar-refractivity contribution is 7.87. The van der Waals surface area contributed by atoms with Gasteiger partial charge in [0, 0.05) is 12.3 Å². The lowest BCUT2D eigenvalue weighted by atomic mass is 9.71. The van der Waals surface area contributed by atoms with Crippen molar-refractivity contribution < 1.29 is 52.0 Å². The number of allylic oxidation sites excluding steroid dienone is 1. The van der Waals surface area contributed by atoms with Crippen LogP contribution in [0, 0.1) is 11.8 Å². The fourth-order valence-corrected chi connectivity index (χ4v) is 12.1. The van der Waals surface area contributed by atoms with E-state index in [1.165, 1.54) is 36.4 Å². The fourth-order valence-electron chi connectivity index (χ4n) is 9.28. The molecule has 15 heteroatoms. The zero-order chi connectivity index (χ0) is 50.1. The molecule has 72 heavy (non-hydrogen) atoms. The van der Waals surface area contributed by atoms with Crippen molar-refractivity contribution in [1.29, 1.82) is 0 Å². The molecule has 2 saturated heterocycles. The number of aryl methyl sites for hydroxylation is 2. The molecule has 0 amide bonds. The van der Waals surface area contributed by atoms with Crippen molar-refractivity contribution in [2.24, 2.45) is 11.8 Å². The van der Waals surface area contributed by atoms with Crippen LogP contribution < -0.4 is 17.3 Å². The molecule has 0 saturated carbocycles. The Hall–Kier alpha value is -6.75. The van der Waals surface area contributed by atoms with Crippen LogP contribution in [0.25, 0.3) is 6.08 Å². The van der Waals surface area contributed by atoms with E-state index >= 15 is 0 Å². The molecule has 6 atom stereocenters. The lowest BCUT2D eigenvalue weighted by Crippen LogP contribution is -2.50. The molecular weight excluding hydrogens is 973 g/mol. The van der Waals surface area contributed by atoms with Crippen molar-refractivity contribution in [2.75, 3.05) is 7.11 Å². The Morgan fingerprint density at radius 2 is 0.875 bits per heavy atom. The maximum Gasteiger partial charge on any atom is 0.339 e. The third kappa shape index (κ3) is 12.6. The van der Waals surface area contributed by atoms with E-state index in [-0.39, 0.29) is 62.1 Å². The second-order valence-corrected chi connectivity index (χ2v) is 22.4. The lowest BCUT2D eigenvalue weighted by molar-refractivity contribution is -0.209. The van der Waals surface area contributed by atoms with Crippen LogP contribution in [0.4, 0.5) is 0 Å². The van der Waals surface area contributed by atoms with Crippen LogP contribution in [0.5, 0.6) is 23.0 Å². The largest absolute Gasteiger partial charge is 0.497 e. The molecule has 0 aromatic heterocycles. The predicted molar refractivity (Wildman–Crippen MR) is 273 cm³/mol. The van der Waals surface area contributed by atoms with Gasteiger partial charge in [-0.3, -0.25) is 0 Å². The van der Waals surface area contributed by atoms with Gasteiger partial charge in [0.15, 0.2) is 0 Å². The summed E-state index contributed by atoms with van der Waals surface area (Å²) in [5, 5.41) is 0. The number of ether oxygens (including phenoxy) is 3. The third-order valence-corrected chi connectivity index (χ3v) is 16.7. The van der Waals surface area contributed by atoms with E-state index in [4.69, 9.17) is 26.8 Å². The van der Waals surface area contributed by atoms with Crippen LogP contribution in [0.2, 0.25) is 0 Å². The normalized spacial score (nSPS) is 20.3. The van der Waals surface area contributed by atoms with Gasteiger partial charge in [0.2, 0.25) is 0 Å². The molecule has 2 fully saturated rings. The first kappa shape index (κ1) is 50.2. The van der Waals surface area contributed by atoms with Crippen LogP contribution in [-0.2, 0) is 52.7 Å². The standard InChI is InChI=1S/C57H54O12S3/c1-64-46-29-18-42(19-30-46)25-36-51-40-55-56(57(66-51)44-27-37-49(38-28-44)69-72(62,63)54-15-9-4-10-16-54)45(26-17-41-20-31-47(32-21-41)67-70(58,59)52-11-5-2-6-12-52)39-50(65-55)35-24-43-22-33-48(34-23-43)68-71(60,61)53-13-7-3-8-14-53/h2-23,26-34,37-38,45,50-51,55-57H,24-25,35-36,39-40H2,1H3/b26-17+/t45-,50+,51+,55-,56+,57-/m1/s1. The quantitative estimate of drug-likeness (QED) is 0.0707. The minimum atomic E-state index is -4.07. The minimum absolute atomic E-state index is 0.0514. The molecule has 7 aromatic carbocycles. The van der Waals surface area contributed by atoms with Crippen LogP contribution >= 0.6 is 0 Å². The van der Waals surface area contributed by atoms with Gasteiger partial charge in [-0.1, -0.05) is 115 Å². The van der Waals surface area contributed by atoms with Gasteiger partial charge in [-0.05, 0) is 145 Å². The Labute approximate surface area is 422 Å². The molecule has 0 N–H and O–H groups in total. The van der Waals surface area contributed by atoms with Gasteiger partial charge >= 0.3 is 30.4 Å². The molecule has 2 aliphatic rings. The Morgan fingerprint density at radius 1 is 0.472 bits per heavy atom. The van der Waals surface area contributed by atoms with Crippen LogP contribution in [0.3, 0.4) is 0 Å². The summed E-state index contributed by atoms with van der Waals surface area (Å²) in [7, 11) is -10.4. The molecule has 372 valence electrons. The molecule has 0 radical (unpaired) electrons. The van der Waals surface area contributed by atoms with Crippen LogP contribution in [-0.4, -0.2) is 50.7 Å². The second-order valence-electron chi connectivity index (χ2n) is 17.8. The van der Waals surface area contributed by atoms with Gasteiger partial charge in [-0.2, -0.15) is 25.3 Å². The number of rotatable bonds is 19. The minimum Gasteiger partial charge on any atom is -0.497 e. The predicted octanol–water partition coefficient (Wildman–Crippen LogP) is 11.2. The zero-order valence-corrected chi connectivity index (χ0v) is 41.8. The first-order valence-electron chi connectivity index (χ1n) is 23.7. The first-order chi connectivity index (χ1) is 34.8. The van der Waals surface area contributed by atoms with Crippen molar-refractivity contribution in [3.05, 3.63) is 216 Å². The van der Waals surface area contributed by atoms with Gasteiger partial charge in [0.05, 0.1) is 31.5 Å². The van der Waals surface area contributed by atoms with Crippen LogP contribution in [0.15, 0.2) is 209 Å². The van der Waals surface area contributed by atoms with E-state index in [2.05, 4.69) is 18.2 Å². The molecule has 0 aliphatic carbocycles. The zero-order valence-electron chi connectivity index (χ0n) is 39.4. The molecule has 12 nitrogen and oxygen atoms in total. The van der Waals surface area contributed by atoms with Gasteiger partial charge in [-0.25, -0.2) is 0 Å². The van der Waals surface area contributed by atoms with Gasteiger partial charge in [0.25, 0.3) is 0 Å². The maximum atomic E-state index is 13.2. The second kappa shape index (κ2) is 22.3. The van der Waals surface area contributed by atoms with Gasteiger partial charge in [-0.15, -0.1) is 0 Å². The topological polar surface area (TPSA) is 158 Å². The summed E-state index contributed by atoms with van der Waals surface area (Å²) in [6, 6.07) is 53.0. The maximum absolute atomic E-state index is 13.2. The number of hydrogen-bond acceptors (Lipinski definition) is 12. The smallest absolute Gasteiger partial charge is 0.339 e. The molecule has 0 spiro atoms. The fraction of sp³-hybridized carbons (Fsp3) is 0.228. The van der Waals surface area contributed by atoms with Crippen molar-refractivity contribution in [2.45, 2.75) is 77.6 Å². The highest BCUT2D eigenvalue weighted by atomic mass is 32.2. The Balaban J connectivity index is 0.982. The number of hydrogen-bond donors (Lipinski definition) is 0. The molecule has 2 aliphatic heterocycles. The monoisotopic (exact) mass is 1030 g/mol. The molecule has 2 heterocycles. The Bertz CT molecular complexity index is 3250. The average molecular weight is 1030 g/mol. The first-order valence-corrected chi connectivity index (χ1v) is 27.9. The summed E-state index contributed by atoms with van der Waals surface area (Å²) in [6.45, 7) is 0. The van der Waals surface area contributed by atoms with E-state index in [1.54, 1.807) is 98.1 Å². The number of methoxy groups -OCH3 is 1. The number of fused-ring (bicyclic) bond motifs is 1. The summed E-state index contributed by atoms with van der Waals surface area (Å²) in [5.41, 5.74) is 3.82. The van der Waals surface area contributed by atoms with E-state index in [0.717, 1.165) is 40.8 Å². The lowest BCUT2D eigenvalue weighted by Gasteiger charge is -2.50. The summed E-state index contributed by atoms with van der Waals surface area (Å²) in [6.07, 6.45) is 7.30. The van der Waals surface area contributed by atoms with E-state index in [9.17, 15) is 25.3 Å². The summed E-state index contributed by atoms with van der Waals surface area (Å²) in [4.78, 5) is 0.185. The third-order valence-electron chi connectivity index (χ3n) is 12.9.